The molecule has 1 heterocycles. The van der Waals surface area contributed by atoms with Crippen molar-refractivity contribution in [3.63, 3.8) is 0 Å². The summed E-state index contributed by atoms with van der Waals surface area (Å²) in [5.74, 6) is -1.10. The van der Waals surface area contributed by atoms with Gasteiger partial charge in [0.15, 0.2) is 5.58 Å². The van der Waals surface area contributed by atoms with Crippen LogP contribution in [-0.4, -0.2) is 22.8 Å². The summed E-state index contributed by atoms with van der Waals surface area (Å²) in [4.78, 5) is 37.6. The Hall–Kier alpha value is -2.57. The van der Waals surface area contributed by atoms with Crippen LogP contribution in [0.5, 0.6) is 0 Å². The molecule has 2 amide bonds. The first-order valence-corrected chi connectivity index (χ1v) is 6.91. The first kappa shape index (κ1) is 15.8. The van der Waals surface area contributed by atoms with Crippen LogP contribution in [0.2, 0.25) is 0 Å². The van der Waals surface area contributed by atoms with Gasteiger partial charge in [0.25, 0.3) is 0 Å². The van der Waals surface area contributed by atoms with Crippen LogP contribution in [0.25, 0.3) is 11.1 Å². The van der Waals surface area contributed by atoms with E-state index in [1.807, 2.05) is 0 Å². The number of rotatable bonds is 3. The molecule has 0 saturated heterocycles. The number of aromatic amines is 1. The Morgan fingerprint density at radius 1 is 1.27 bits per heavy atom. The zero-order valence-electron chi connectivity index (χ0n) is 12.9. The second-order valence-electron chi connectivity index (χ2n) is 6.16. The highest BCUT2D eigenvalue weighted by molar-refractivity contribution is 5.98. The smallest absolute Gasteiger partial charge is 0.408 e. The fourth-order valence-electron chi connectivity index (χ4n) is 1.76. The third-order valence-electron chi connectivity index (χ3n) is 3.11. The van der Waals surface area contributed by atoms with E-state index in [4.69, 9.17) is 4.42 Å². The van der Waals surface area contributed by atoms with Gasteiger partial charge in [0, 0.05) is 11.1 Å². The Morgan fingerprint density at radius 2 is 1.95 bits per heavy atom. The fraction of sp³-hybridized carbons (Fsp3) is 0.400. The monoisotopic (exact) mass is 305 g/mol. The lowest BCUT2D eigenvalue weighted by atomic mass is 9.95. The number of amides is 2. The Morgan fingerprint density at radius 3 is 2.59 bits per heavy atom. The highest BCUT2D eigenvalue weighted by Gasteiger charge is 2.25. The van der Waals surface area contributed by atoms with Gasteiger partial charge in [0.1, 0.15) is 6.04 Å². The Kier molecular flexibility index (Phi) is 4.07. The molecule has 0 aliphatic heterocycles. The van der Waals surface area contributed by atoms with E-state index in [1.165, 1.54) is 0 Å². The van der Waals surface area contributed by atoms with E-state index in [1.54, 1.807) is 45.9 Å². The van der Waals surface area contributed by atoms with Gasteiger partial charge in [-0.3, -0.25) is 14.6 Å². The molecule has 2 aromatic rings. The quantitative estimate of drug-likeness (QED) is 0.801. The molecule has 1 unspecified atom stereocenters. The number of anilines is 1. The van der Waals surface area contributed by atoms with Gasteiger partial charge in [-0.25, -0.2) is 4.79 Å². The van der Waals surface area contributed by atoms with Crippen LogP contribution in [0, 0.1) is 5.41 Å². The number of fused-ring (bicyclic) bond motifs is 1. The van der Waals surface area contributed by atoms with E-state index >= 15 is 0 Å². The highest BCUT2D eigenvalue weighted by atomic mass is 16.4. The summed E-state index contributed by atoms with van der Waals surface area (Å²) in [6, 6.07) is 4.12. The lowest BCUT2D eigenvalue weighted by Crippen LogP contribution is -2.46. The minimum absolute atomic E-state index is 0.204. The molecule has 0 aliphatic carbocycles. The Labute approximate surface area is 127 Å². The molecule has 1 atom stereocenters. The summed E-state index contributed by atoms with van der Waals surface area (Å²) in [5.41, 5.74) is 0.849. The van der Waals surface area contributed by atoms with Crippen LogP contribution >= 0.6 is 0 Å². The van der Waals surface area contributed by atoms with Gasteiger partial charge in [-0.1, -0.05) is 20.8 Å². The molecule has 7 heteroatoms. The SMILES string of the molecule is CC(NC(=O)C(C)(C)C)C(=O)Nc1ccc2oc(=O)[nH]c2c1. The van der Waals surface area contributed by atoms with E-state index in [2.05, 4.69) is 15.6 Å². The average molecular weight is 305 g/mol. The van der Waals surface area contributed by atoms with Gasteiger partial charge in [-0.05, 0) is 25.1 Å². The van der Waals surface area contributed by atoms with Crippen LogP contribution in [-0.2, 0) is 9.59 Å². The fourth-order valence-corrected chi connectivity index (χ4v) is 1.76. The van der Waals surface area contributed by atoms with Gasteiger partial charge in [-0.2, -0.15) is 0 Å². The summed E-state index contributed by atoms with van der Waals surface area (Å²) in [5, 5.41) is 5.34. The number of nitrogens with one attached hydrogen (secondary N) is 3. The summed E-state index contributed by atoms with van der Waals surface area (Å²) in [6.45, 7) is 6.93. The number of carbonyl (C=O) groups is 2. The highest BCUT2D eigenvalue weighted by Crippen LogP contribution is 2.17. The second-order valence-corrected chi connectivity index (χ2v) is 6.16. The molecule has 2 rings (SSSR count). The molecule has 0 fully saturated rings. The van der Waals surface area contributed by atoms with E-state index in [0.717, 1.165) is 0 Å². The predicted molar refractivity (Wildman–Crippen MR) is 82.5 cm³/mol. The number of H-pyrrole nitrogens is 1. The summed E-state index contributed by atoms with van der Waals surface area (Å²) in [7, 11) is 0. The average Bonchev–Trinajstić information content (AvgIpc) is 2.76. The van der Waals surface area contributed by atoms with Crippen molar-refractivity contribution >= 4 is 28.6 Å². The van der Waals surface area contributed by atoms with Crippen molar-refractivity contribution in [2.24, 2.45) is 5.41 Å². The van der Waals surface area contributed by atoms with Crippen LogP contribution < -0.4 is 16.4 Å². The lowest BCUT2D eigenvalue weighted by molar-refractivity contribution is -0.131. The molecule has 3 N–H and O–H groups in total. The van der Waals surface area contributed by atoms with Crippen molar-refractivity contribution in [3.8, 4) is 0 Å². The zero-order valence-corrected chi connectivity index (χ0v) is 12.9. The molecule has 0 bridgehead atoms. The number of hydrogen-bond donors (Lipinski definition) is 3. The van der Waals surface area contributed by atoms with Gasteiger partial charge in [0.05, 0.1) is 5.52 Å². The molecule has 0 aliphatic rings. The van der Waals surface area contributed by atoms with Gasteiger partial charge < -0.3 is 15.1 Å². The number of hydrogen-bond acceptors (Lipinski definition) is 4. The molecular formula is C15H19N3O4. The Balaban J connectivity index is 2.06. The maximum absolute atomic E-state index is 12.1. The van der Waals surface area contributed by atoms with Crippen molar-refractivity contribution in [1.82, 2.24) is 10.3 Å². The van der Waals surface area contributed by atoms with Gasteiger partial charge in [-0.15, -0.1) is 0 Å². The van der Waals surface area contributed by atoms with Crippen molar-refractivity contribution in [2.75, 3.05) is 5.32 Å². The standard InChI is InChI=1S/C15H19N3O4/c1-8(16-13(20)15(2,3)4)12(19)17-9-5-6-11-10(7-9)18-14(21)22-11/h5-8H,1-4H3,(H,16,20)(H,17,19)(H,18,21). The largest absolute Gasteiger partial charge is 0.417 e. The van der Waals surface area contributed by atoms with Crippen LogP contribution in [0.15, 0.2) is 27.4 Å². The Bertz CT molecular complexity index is 767. The predicted octanol–water partition coefficient (Wildman–Crippen LogP) is 1.61. The molecular weight excluding hydrogens is 286 g/mol. The van der Waals surface area contributed by atoms with Crippen molar-refractivity contribution in [1.29, 1.82) is 0 Å². The molecule has 0 radical (unpaired) electrons. The third kappa shape index (κ3) is 3.55. The van der Waals surface area contributed by atoms with E-state index in [-0.39, 0.29) is 11.8 Å². The van der Waals surface area contributed by atoms with Crippen molar-refractivity contribution in [3.05, 3.63) is 28.7 Å². The topological polar surface area (TPSA) is 104 Å². The first-order valence-electron chi connectivity index (χ1n) is 6.91. The number of benzene rings is 1. The summed E-state index contributed by atoms with van der Waals surface area (Å²) < 4.78 is 4.88. The summed E-state index contributed by atoms with van der Waals surface area (Å²) in [6.07, 6.45) is 0. The van der Waals surface area contributed by atoms with Crippen LogP contribution in [0.3, 0.4) is 0 Å². The minimum atomic E-state index is -0.675. The molecule has 7 nitrogen and oxygen atoms in total. The van der Waals surface area contributed by atoms with Crippen molar-refractivity contribution in [2.45, 2.75) is 33.7 Å². The molecule has 1 aromatic carbocycles. The number of carbonyl (C=O) groups excluding carboxylic acids is 2. The van der Waals surface area contributed by atoms with Crippen molar-refractivity contribution < 1.29 is 14.0 Å². The zero-order chi connectivity index (χ0) is 16.5. The van der Waals surface area contributed by atoms with Crippen LogP contribution in [0.1, 0.15) is 27.7 Å². The van der Waals surface area contributed by atoms with E-state index in [9.17, 15) is 14.4 Å². The molecule has 0 saturated carbocycles. The van der Waals surface area contributed by atoms with E-state index in [0.29, 0.717) is 16.8 Å². The molecule has 22 heavy (non-hydrogen) atoms. The summed E-state index contributed by atoms with van der Waals surface area (Å²) >= 11 is 0. The van der Waals surface area contributed by atoms with E-state index < -0.39 is 17.2 Å². The third-order valence-corrected chi connectivity index (χ3v) is 3.11. The van der Waals surface area contributed by atoms with Gasteiger partial charge in [0.2, 0.25) is 11.8 Å². The second kappa shape index (κ2) is 5.67. The minimum Gasteiger partial charge on any atom is -0.408 e. The molecule has 118 valence electrons. The first-order chi connectivity index (χ1) is 10.2. The maximum Gasteiger partial charge on any atom is 0.417 e. The number of aromatic nitrogens is 1. The van der Waals surface area contributed by atoms with Crippen LogP contribution in [0.4, 0.5) is 5.69 Å². The number of oxazole rings is 1. The molecule has 0 spiro atoms. The lowest BCUT2D eigenvalue weighted by Gasteiger charge is -2.21. The van der Waals surface area contributed by atoms with Gasteiger partial charge >= 0.3 is 5.76 Å². The normalized spacial score (nSPS) is 12.9. The molecule has 1 aromatic heterocycles. The maximum atomic E-state index is 12.1.